The van der Waals surface area contributed by atoms with Crippen LogP contribution in [0.5, 0.6) is 0 Å². The first-order valence-corrected chi connectivity index (χ1v) is 6.34. The fourth-order valence-electron chi connectivity index (χ4n) is 2.04. The van der Waals surface area contributed by atoms with Gasteiger partial charge in [-0.1, -0.05) is 15.9 Å². The minimum Gasteiger partial charge on any atom is -0.481 e. The Morgan fingerprint density at radius 3 is 3.00 bits per heavy atom. The van der Waals surface area contributed by atoms with E-state index in [0.29, 0.717) is 5.69 Å². The predicted molar refractivity (Wildman–Crippen MR) is 71.8 cm³/mol. The number of aliphatic carboxylic acids is 1. The van der Waals surface area contributed by atoms with Crippen LogP contribution in [-0.4, -0.2) is 29.6 Å². The number of hydrogen-bond acceptors (Lipinski definition) is 3. The monoisotopic (exact) mass is 312 g/mol. The molecule has 0 saturated heterocycles. The van der Waals surface area contributed by atoms with E-state index in [4.69, 9.17) is 5.11 Å². The first-order chi connectivity index (χ1) is 8.47. The third-order valence-corrected chi connectivity index (χ3v) is 3.35. The summed E-state index contributed by atoms with van der Waals surface area (Å²) >= 11 is 3.34. The molecular weight excluding hydrogens is 300 g/mol. The van der Waals surface area contributed by atoms with Crippen LogP contribution >= 0.6 is 15.9 Å². The molecule has 0 radical (unpaired) electrons. The predicted octanol–water partition coefficient (Wildman–Crippen LogP) is 2.07. The van der Waals surface area contributed by atoms with E-state index in [2.05, 4.69) is 21.2 Å². The molecular formula is C12H13BrN2O3. The van der Waals surface area contributed by atoms with Crippen molar-refractivity contribution in [1.82, 2.24) is 0 Å². The SMILES string of the molecule is CC(CC(=O)O)N1CC(=O)Nc2cc(Br)ccc21. The quantitative estimate of drug-likeness (QED) is 0.896. The van der Waals surface area contributed by atoms with Gasteiger partial charge < -0.3 is 15.3 Å². The number of carbonyl (C=O) groups is 2. The summed E-state index contributed by atoms with van der Waals surface area (Å²) in [6.07, 6.45) is 0.00276. The van der Waals surface area contributed by atoms with Crippen molar-refractivity contribution in [2.24, 2.45) is 0 Å². The number of carboxylic acids is 1. The summed E-state index contributed by atoms with van der Waals surface area (Å²) < 4.78 is 0.870. The molecule has 0 spiro atoms. The molecule has 5 nitrogen and oxygen atoms in total. The molecule has 0 aliphatic carbocycles. The second-order valence-electron chi connectivity index (χ2n) is 4.28. The number of rotatable bonds is 3. The van der Waals surface area contributed by atoms with Gasteiger partial charge in [-0.05, 0) is 25.1 Å². The molecule has 1 aliphatic rings. The molecule has 6 heteroatoms. The highest BCUT2D eigenvalue weighted by molar-refractivity contribution is 9.10. The van der Waals surface area contributed by atoms with E-state index in [1.807, 2.05) is 23.1 Å². The van der Waals surface area contributed by atoms with Crippen LogP contribution in [0.25, 0.3) is 0 Å². The van der Waals surface area contributed by atoms with E-state index in [0.717, 1.165) is 10.2 Å². The van der Waals surface area contributed by atoms with Gasteiger partial charge in [-0.15, -0.1) is 0 Å². The summed E-state index contributed by atoms with van der Waals surface area (Å²) in [6, 6.07) is 5.33. The number of anilines is 2. The average molecular weight is 313 g/mol. The number of nitrogens with zero attached hydrogens (tertiary/aromatic N) is 1. The maximum Gasteiger partial charge on any atom is 0.305 e. The number of carboxylic acid groups (broad SMARTS) is 1. The molecule has 1 aliphatic heterocycles. The largest absolute Gasteiger partial charge is 0.481 e. The fourth-order valence-corrected chi connectivity index (χ4v) is 2.41. The molecule has 18 heavy (non-hydrogen) atoms. The van der Waals surface area contributed by atoms with Crippen molar-refractivity contribution in [3.05, 3.63) is 22.7 Å². The summed E-state index contributed by atoms with van der Waals surface area (Å²) in [5.41, 5.74) is 1.56. The highest BCUT2D eigenvalue weighted by Gasteiger charge is 2.26. The molecule has 0 aromatic heterocycles. The second kappa shape index (κ2) is 4.97. The van der Waals surface area contributed by atoms with E-state index in [-0.39, 0.29) is 24.9 Å². The van der Waals surface area contributed by atoms with E-state index in [1.54, 1.807) is 6.92 Å². The lowest BCUT2D eigenvalue weighted by Crippen LogP contribution is -2.44. The Bertz CT molecular complexity index is 504. The molecule has 0 bridgehead atoms. The van der Waals surface area contributed by atoms with Gasteiger partial charge in [-0.25, -0.2) is 0 Å². The Morgan fingerprint density at radius 2 is 2.33 bits per heavy atom. The lowest BCUT2D eigenvalue weighted by Gasteiger charge is -2.35. The van der Waals surface area contributed by atoms with Crippen LogP contribution in [0.4, 0.5) is 11.4 Å². The minimum atomic E-state index is -0.868. The first kappa shape index (κ1) is 12.9. The number of amides is 1. The Morgan fingerprint density at radius 1 is 1.61 bits per heavy atom. The highest BCUT2D eigenvalue weighted by Crippen LogP contribution is 2.33. The maximum atomic E-state index is 11.6. The zero-order chi connectivity index (χ0) is 13.3. The number of fused-ring (bicyclic) bond motifs is 1. The summed E-state index contributed by atoms with van der Waals surface area (Å²) in [7, 11) is 0. The molecule has 0 saturated carbocycles. The van der Waals surface area contributed by atoms with Crippen molar-refractivity contribution in [2.45, 2.75) is 19.4 Å². The van der Waals surface area contributed by atoms with Gasteiger partial charge in [-0.2, -0.15) is 0 Å². The van der Waals surface area contributed by atoms with Crippen molar-refractivity contribution in [1.29, 1.82) is 0 Å². The van der Waals surface area contributed by atoms with Crippen molar-refractivity contribution in [3.8, 4) is 0 Å². The van der Waals surface area contributed by atoms with E-state index in [1.165, 1.54) is 0 Å². The molecule has 1 aromatic rings. The average Bonchev–Trinajstić information content (AvgIpc) is 2.26. The lowest BCUT2D eigenvalue weighted by molar-refractivity contribution is -0.137. The normalized spacial score (nSPS) is 15.9. The number of halogens is 1. The zero-order valence-corrected chi connectivity index (χ0v) is 11.4. The van der Waals surface area contributed by atoms with Crippen LogP contribution in [0.1, 0.15) is 13.3 Å². The summed E-state index contributed by atoms with van der Waals surface area (Å²) in [5, 5.41) is 11.6. The molecule has 2 rings (SSSR count). The van der Waals surface area contributed by atoms with E-state index >= 15 is 0 Å². The second-order valence-corrected chi connectivity index (χ2v) is 5.20. The molecule has 96 valence electrons. The smallest absolute Gasteiger partial charge is 0.305 e. The maximum absolute atomic E-state index is 11.6. The number of hydrogen-bond donors (Lipinski definition) is 2. The Kier molecular flexibility index (Phi) is 3.56. The molecule has 1 aromatic carbocycles. The van der Waals surface area contributed by atoms with Gasteiger partial charge in [0.15, 0.2) is 0 Å². The summed E-state index contributed by atoms with van der Waals surface area (Å²) in [4.78, 5) is 24.2. The highest BCUT2D eigenvalue weighted by atomic mass is 79.9. The summed E-state index contributed by atoms with van der Waals surface area (Å²) in [5.74, 6) is -0.995. The summed E-state index contributed by atoms with van der Waals surface area (Å²) in [6.45, 7) is 1.99. The van der Waals surface area contributed by atoms with Crippen LogP contribution < -0.4 is 10.2 Å². The molecule has 2 N–H and O–H groups in total. The third kappa shape index (κ3) is 2.64. The molecule has 0 fully saturated rings. The molecule has 1 unspecified atom stereocenters. The van der Waals surface area contributed by atoms with Gasteiger partial charge in [0, 0.05) is 10.5 Å². The van der Waals surface area contributed by atoms with Crippen molar-refractivity contribution in [3.63, 3.8) is 0 Å². The fraction of sp³-hybridized carbons (Fsp3) is 0.333. The van der Waals surface area contributed by atoms with Crippen LogP contribution in [-0.2, 0) is 9.59 Å². The first-order valence-electron chi connectivity index (χ1n) is 5.55. The van der Waals surface area contributed by atoms with Crippen molar-refractivity contribution >= 4 is 39.2 Å². The van der Waals surface area contributed by atoms with Crippen LogP contribution in [0.3, 0.4) is 0 Å². The number of carbonyl (C=O) groups excluding carboxylic acids is 1. The zero-order valence-electron chi connectivity index (χ0n) is 9.81. The van der Waals surface area contributed by atoms with Gasteiger partial charge in [0.05, 0.1) is 24.3 Å². The third-order valence-electron chi connectivity index (χ3n) is 2.86. The van der Waals surface area contributed by atoms with Crippen molar-refractivity contribution < 1.29 is 14.7 Å². The lowest BCUT2D eigenvalue weighted by atomic mass is 10.1. The van der Waals surface area contributed by atoms with Crippen LogP contribution in [0.2, 0.25) is 0 Å². The van der Waals surface area contributed by atoms with Gasteiger partial charge in [0.1, 0.15) is 0 Å². The van der Waals surface area contributed by atoms with Crippen LogP contribution in [0, 0.1) is 0 Å². The van der Waals surface area contributed by atoms with Gasteiger partial charge in [0.25, 0.3) is 0 Å². The Balaban J connectivity index is 2.33. The molecule has 1 amide bonds. The Labute approximate surface area is 113 Å². The van der Waals surface area contributed by atoms with Gasteiger partial charge in [-0.3, -0.25) is 9.59 Å². The van der Waals surface area contributed by atoms with Crippen LogP contribution in [0.15, 0.2) is 22.7 Å². The van der Waals surface area contributed by atoms with Crippen molar-refractivity contribution in [2.75, 3.05) is 16.8 Å². The number of benzene rings is 1. The standard InChI is InChI=1S/C12H13BrN2O3/c1-7(4-12(17)18)15-6-11(16)14-9-5-8(13)2-3-10(9)15/h2-3,5,7H,4,6H2,1H3,(H,14,16)(H,17,18). The molecule has 1 heterocycles. The van der Waals surface area contributed by atoms with Gasteiger partial charge >= 0.3 is 5.97 Å². The molecule has 1 atom stereocenters. The van der Waals surface area contributed by atoms with Gasteiger partial charge in [0.2, 0.25) is 5.91 Å². The Hall–Kier alpha value is -1.56. The van der Waals surface area contributed by atoms with E-state index in [9.17, 15) is 9.59 Å². The number of nitrogens with one attached hydrogen (secondary N) is 1. The van der Waals surface area contributed by atoms with E-state index < -0.39 is 5.97 Å². The minimum absolute atomic E-state index is 0.00276. The topological polar surface area (TPSA) is 69.6 Å².